The molecule has 1 aliphatic heterocycles. The van der Waals surface area contributed by atoms with Crippen LogP contribution >= 0.6 is 11.3 Å². The molecule has 1 fully saturated rings. The van der Waals surface area contributed by atoms with E-state index in [-0.39, 0.29) is 11.6 Å². The lowest BCUT2D eigenvalue weighted by molar-refractivity contribution is 0.0697. The quantitative estimate of drug-likeness (QED) is 0.708. The van der Waals surface area contributed by atoms with Gasteiger partial charge in [-0.2, -0.15) is 0 Å². The van der Waals surface area contributed by atoms with Crippen molar-refractivity contribution in [2.24, 2.45) is 0 Å². The normalized spacial score (nSPS) is 14.3. The minimum absolute atomic E-state index is 0.108. The number of fused-ring (bicyclic) bond motifs is 1. The molecule has 7 nitrogen and oxygen atoms in total. The van der Waals surface area contributed by atoms with E-state index in [0.717, 1.165) is 29.9 Å². The second kappa shape index (κ2) is 7.85. The highest BCUT2D eigenvalue weighted by molar-refractivity contribution is 7.17. The molecule has 0 unspecified atom stereocenters. The Bertz CT molecular complexity index is 994. The lowest BCUT2D eigenvalue weighted by atomic mass is 10.1. The molecule has 4 rings (SSSR count). The number of carbonyl (C=O) groups excluding carboxylic acids is 1. The number of hydrogen-bond donors (Lipinski definition) is 2. The fourth-order valence-corrected chi connectivity index (χ4v) is 4.08. The van der Waals surface area contributed by atoms with Gasteiger partial charge in [0.25, 0.3) is 0 Å². The molecule has 2 amide bonds. The van der Waals surface area contributed by atoms with Crippen molar-refractivity contribution < 1.29 is 14.7 Å². The van der Waals surface area contributed by atoms with Crippen molar-refractivity contribution in [2.45, 2.75) is 6.54 Å². The maximum atomic E-state index is 12.4. The van der Waals surface area contributed by atoms with Gasteiger partial charge in [0.2, 0.25) is 0 Å². The molecule has 144 valence electrons. The maximum Gasteiger partial charge on any atom is 0.335 e. The molecular formula is C20H20N4O3S. The molecule has 1 aromatic carbocycles. The Morgan fingerprint density at radius 1 is 1.07 bits per heavy atom. The molecule has 2 aromatic heterocycles. The third-order valence-electron chi connectivity index (χ3n) is 4.87. The minimum atomic E-state index is -0.957. The lowest BCUT2D eigenvalue weighted by Crippen LogP contribution is -2.51. The number of rotatable bonds is 4. The summed E-state index contributed by atoms with van der Waals surface area (Å²) in [6, 6.07) is 10.5. The average molecular weight is 396 g/mol. The Morgan fingerprint density at radius 2 is 1.82 bits per heavy atom. The van der Waals surface area contributed by atoms with Crippen molar-refractivity contribution in [3.05, 3.63) is 59.1 Å². The Labute approximate surface area is 166 Å². The van der Waals surface area contributed by atoms with Crippen LogP contribution in [0.15, 0.2) is 48.0 Å². The van der Waals surface area contributed by atoms with Gasteiger partial charge in [-0.15, -0.1) is 11.3 Å². The van der Waals surface area contributed by atoms with Gasteiger partial charge < -0.3 is 20.2 Å². The van der Waals surface area contributed by atoms with Crippen LogP contribution in [0, 0.1) is 0 Å². The molecule has 0 spiro atoms. The summed E-state index contributed by atoms with van der Waals surface area (Å²) in [6.07, 6.45) is 1.84. The van der Waals surface area contributed by atoms with E-state index >= 15 is 0 Å². The zero-order valence-electron chi connectivity index (χ0n) is 15.2. The van der Waals surface area contributed by atoms with Crippen LogP contribution in [-0.2, 0) is 6.54 Å². The molecule has 1 saturated heterocycles. The summed E-state index contributed by atoms with van der Waals surface area (Å²) in [6.45, 7) is 3.11. The number of benzene rings is 1. The van der Waals surface area contributed by atoms with Crippen molar-refractivity contribution in [1.29, 1.82) is 0 Å². The summed E-state index contributed by atoms with van der Waals surface area (Å²) >= 11 is 1.70. The molecule has 3 aromatic rings. The Morgan fingerprint density at radius 3 is 2.54 bits per heavy atom. The first-order valence-corrected chi connectivity index (χ1v) is 9.92. The van der Waals surface area contributed by atoms with Gasteiger partial charge in [-0.25, -0.2) is 14.6 Å². The van der Waals surface area contributed by atoms with E-state index in [9.17, 15) is 9.59 Å². The molecule has 28 heavy (non-hydrogen) atoms. The molecule has 0 radical (unpaired) electrons. The predicted octanol–water partition coefficient (Wildman–Crippen LogP) is 3.03. The maximum absolute atomic E-state index is 12.4. The third kappa shape index (κ3) is 3.77. The number of carboxylic acids is 1. The molecule has 0 saturated carbocycles. The van der Waals surface area contributed by atoms with Crippen LogP contribution in [0.25, 0.3) is 10.1 Å². The SMILES string of the molecule is O=C(O)c1ccc(CNC(=O)N2CCN(c3nccc4sccc34)CC2)cc1. The van der Waals surface area contributed by atoms with Gasteiger partial charge in [0.1, 0.15) is 5.82 Å². The van der Waals surface area contributed by atoms with Gasteiger partial charge in [0.05, 0.1) is 5.56 Å². The van der Waals surface area contributed by atoms with E-state index in [1.54, 1.807) is 40.5 Å². The summed E-state index contributed by atoms with van der Waals surface area (Å²) in [5.41, 5.74) is 1.10. The van der Waals surface area contributed by atoms with Gasteiger partial charge >= 0.3 is 12.0 Å². The van der Waals surface area contributed by atoms with Gasteiger partial charge in [-0.05, 0) is 35.2 Å². The lowest BCUT2D eigenvalue weighted by Gasteiger charge is -2.35. The minimum Gasteiger partial charge on any atom is -0.478 e. The molecule has 2 N–H and O–H groups in total. The van der Waals surface area contributed by atoms with Gasteiger partial charge in [0, 0.05) is 49.0 Å². The molecule has 0 bridgehead atoms. The molecule has 1 aliphatic rings. The van der Waals surface area contributed by atoms with Gasteiger partial charge in [-0.3, -0.25) is 0 Å². The Kier molecular flexibility index (Phi) is 5.12. The van der Waals surface area contributed by atoms with E-state index in [4.69, 9.17) is 5.11 Å². The van der Waals surface area contributed by atoms with Crippen LogP contribution in [0.3, 0.4) is 0 Å². The van der Waals surface area contributed by atoms with Gasteiger partial charge in [-0.1, -0.05) is 12.1 Å². The number of aromatic nitrogens is 1. The predicted molar refractivity (Wildman–Crippen MR) is 109 cm³/mol. The summed E-state index contributed by atoms with van der Waals surface area (Å²) < 4.78 is 1.22. The van der Waals surface area contributed by atoms with E-state index in [1.165, 1.54) is 4.70 Å². The summed E-state index contributed by atoms with van der Waals surface area (Å²) in [7, 11) is 0. The summed E-state index contributed by atoms with van der Waals surface area (Å²) in [4.78, 5) is 31.9. The molecule has 0 atom stereocenters. The first kappa shape index (κ1) is 18.2. The highest BCUT2D eigenvalue weighted by Gasteiger charge is 2.23. The number of carbonyl (C=O) groups is 2. The van der Waals surface area contributed by atoms with E-state index in [2.05, 4.69) is 26.6 Å². The first-order chi connectivity index (χ1) is 13.6. The van der Waals surface area contributed by atoms with Crippen molar-refractivity contribution in [1.82, 2.24) is 15.2 Å². The second-order valence-corrected chi connectivity index (χ2v) is 7.55. The van der Waals surface area contributed by atoms with Crippen LogP contribution in [0.1, 0.15) is 15.9 Å². The standard InChI is InChI=1S/C20H20N4O3S/c25-19(26)15-3-1-14(2-4-15)13-22-20(27)24-10-8-23(9-11-24)18-16-6-12-28-17(16)5-7-21-18/h1-7,12H,8-11,13H2,(H,22,27)(H,25,26). The third-order valence-corrected chi connectivity index (χ3v) is 5.75. The fourth-order valence-electron chi connectivity index (χ4n) is 3.31. The number of amides is 2. The highest BCUT2D eigenvalue weighted by Crippen LogP contribution is 2.28. The number of piperazine rings is 1. The number of hydrogen-bond acceptors (Lipinski definition) is 5. The number of aromatic carboxylic acids is 1. The number of urea groups is 1. The zero-order valence-corrected chi connectivity index (χ0v) is 16.0. The first-order valence-electron chi connectivity index (χ1n) is 9.04. The molecule has 3 heterocycles. The monoisotopic (exact) mass is 396 g/mol. The number of pyridine rings is 1. The van der Waals surface area contributed by atoms with E-state index in [0.29, 0.717) is 19.6 Å². The smallest absolute Gasteiger partial charge is 0.335 e. The van der Waals surface area contributed by atoms with Crippen molar-refractivity contribution in [3.8, 4) is 0 Å². The van der Waals surface area contributed by atoms with Crippen LogP contribution in [0.5, 0.6) is 0 Å². The number of nitrogens with zero attached hydrogens (tertiary/aromatic N) is 3. The van der Waals surface area contributed by atoms with Crippen molar-refractivity contribution in [2.75, 3.05) is 31.1 Å². The fraction of sp³-hybridized carbons (Fsp3) is 0.250. The molecule has 0 aliphatic carbocycles. The Balaban J connectivity index is 1.31. The second-order valence-electron chi connectivity index (χ2n) is 6.60. The Hall–Kier alpha value is -3.13. The zero-order chi connectivity index (χ0) is 19.5. The molecule has 8 heteroatoms. The number of carboxylic acid groups (broad SMARTS) is 1. The number of anilines is 1. The summed E-state index contributed by atoms with van der Waals surface area (Å²) in [5, 5.41) is 15.1. The van der Waals surface area contributed by atoms with Crippen LogP contribution in [0.4, 0.5) is 10.6 Å². The average Bonchev–Trinajstić information content (AvgIpc) is 3.21. The van der Waals surface area contributed by atoms with E-state index in [1.807, 2.05) is 12.3 Å². The van der Waals surface area contributed by atoms with Gasteiger partial charge in [0.15, 0.2) is 0 Å². The highest BCUT2D eigenvalue weighted by atomic mass is 32.1. The van der Waals surface area contributed by atoms with Crippen molar-refractivity contribution >= 4 is 39.2 Å². The summed E-state index contributed by atoms with van der Waals surface area (Å²) in [5.74, 6) is 0.0263. The van der Waals surface area contributed by atoms with Crippen molar-refractivity contribution in [3.63, 3.8) is 0 Å². The molecular weight excluding hydrogens is 376 g/mol. The largest absolute Gasteiger partial charge is 0.478 e. The topological polar surface area (TPSA) is 85.8 Å². The van der Waals surface area contributed by atoms with Crippen LogP contribution < -0.4 is 10.2 Å². The number of nitrogens with one attached hydrogen (secondary N) is 1. The number of thiophene rings is 1. The van der Waals surface area contributed by atoms with Crippen LogP contribution in [-0.4, -0.2) is 53.2 Å². The van der Waals surface area contributed by atoms with Crippen LogP contribution in [0.2, 0.25) is 0 Å². The van der Waals surface area contributed by atoms with E-state index < -0.39 is 5.97 Å².